The maximum Gasteiger partial charge on any atom is 0.294 e. The Hall–Kier alpha value is -0.960. The fraction of sp³-hybridized carbons (Fsp3) is 0.625. The van der Waals surface area contributed by atoms with Crippen LogP contribution in [0.25, 0.3) is 0 Å². The predicted molar refractivity (Wildman–Crippen MR) is 89.8 cm³/mol. The van der Waals surface area contributed by atoms with E-state index in [2.05, 4.69) is 0 Å². The number of rotatable bonds is 5. The molecule has 2 aliphatic rings. The third-order valence-electron chi connectivity index (χ3n) is 5.07. The molecule has 0 atom stereocenters. The summed E-state index contributed by atoms with van der Waals surface area (Å²) in [5.74, 6) is 0. The smallest absolute Gasteiger partial charge is 0.282 e. The summed E-state index contributed by atoms with van der Waals surface area (Å²) in [5, 5.41) is 0. The molecule has 1 aromatic carbocycles. The second-order valence-corrected chi connectivity index (χ2v) is 9.92. The topological polar surface area (TPSA) is 91.7 Å². The molecule has 0 aliphatic heterocycles. The molecule has 0 spiro atoms. The fourth-order valence-electron chi connectivity index (χ4n) is 3.91. The van der Waals surface area contributed by atoms with E-state index in [-0.39, 0.29) is 21.9 Å². The van der Waals surface area contributed by atoms with Gasteiger partial charge in [-0.05, 0) is 49.9 Å². The van der Waals surface area contributed by atoms with Crippen LogP contribution in [0.2, 0.25) is 0 Å². The Morgan fingerprint density at radius 2 is 1.12 bits per heavy atom. The zero-order valence-electron chi connectivity index (χ0n) is 13.5. The molecule has 24 heavy (non-hydrogen) atoms. The van der Waals surface area contributed by atoms with Crippen molar-refractivity contribution in [2.45, 2.75) is 73.2 Å². The van der Waals surface area contributed by atoms with Gasteiger partial charge in [-0.15, -0.1) is 0 Å². The van der Waals surface area contributed by atoms with Crippen LogP contribution in [0.1, 0.15) is 51.4 Å². The molecule has 0 aromatic heterocycles. The number of benzene rings is 1. The quantitative estimate of drug-likeness (QED) is 0.801. The second-order valence-electron chi connectivity index (χ2n) is 6.66. The Kier molecular flexibility index (Phi) is 5.01. The van der Waals surface area contributed by atoms with Crippen LogP contribution >= 0.6 is 0 Å². The Balaban J connectivity index is 1.95. The van der Waals surface area contributed by atoms with Gasteiger partial charge in [0.05, 0.1) is 9.79 Å². The lowest BCUT2D eigenvalue weighted by atomic mass is 10.2. The van der Waals surface area contributed by atoms with Crippen molar-refractivity contribution in [3.63, 3.8) is 0 Å². The molecular weight excluding hydrogens is 350 g/mol. The number of hydrogen-bond donors (Lipinski definition) is 1. The molecule has 0 bridgehead atoms. The highest BCUT2D eigenvalue weighted by molar-refractivity contribution is 7.89. The average Bonchev–Trinajstić information content (AvgIpc) is 3.21. The largest absolute Gasteiger partial charge is 0.294 e. The van der Waals surface area contributed by atoms with Gasteiger partial charge < -0.3 is 0 Å². The van der Waals surface area contributed by atoms with Crippen LogP contribution in [0, 0.1) is 0 Å². The summed E-state index contributed by atoms with van der Waals surface area (Å²) in [7, 11) is -8.00. The third-order valence-corrected chi connectivity index (χ3v) is 7.95. The molecule has 1 aromatic rings. The summed E-state index contributed by atoms with van der Waals surface area (Å²) >= 11 is 0. The van der Waals surface area contributed by atoms with Crippen molar-refractivity contribution >= 4 is 20.1 Å². The van der Waals surface area contributed by atoms with Gasteiger partial charge in [-0.25, -0.2) is 8.42 Å². The lowest BCUT2D eigenvalue weighted by Crippen LogP contribution is -2.45. The molecule has 2 aliphatic carbocycles. The maximum absolute atomic E-state index is 13.2. The minimum atomic E-state index is -4.33. The van der Waals surface area contributed by atoms with Crippen molar-refractivity contribution < 1.29 is 21.4 Å². The molecular formula is C16H23NO5S2. The normalized spacial score (nSPS) is 20.9. The van der Waals surface area contributed by atoms with E-state index < -0.39 is 20.1 Å². The van der Waals surface area contributed by atoms with Crippen molar-refractivity contribution in [3.05, 3.63) is 24.3 Å². The van der Waals surface area contributed by atoms with Crippen molar-refractivity contribution in [3.8, 4) is 0 Å². The van der Waals surface area contributed by atoms with Crippen molar-refractivity contribution in [2.75, 3.05) is 0 Å². The van der Waals surface area contributed by atoms with E-state index in [0.717, 1.165) is 63.5 Å². The van der Waals surface area contributed by atoms with E-state index in [0.29, 0.717) is 0 Å². The summed E-state index contributed by atoms with van der Waals surface area (Å²) in [5.41, 5.74) is 0. The molecule has 0 saturated heterocycles. The predicted octanol–water partition coefficient (Wildman–Crippen LogP) is 2.81. The van der Waals surface area contributed by atoms with E-state index in [1.54, 1.807) is 4.31 Å². The van der Waals surface area contributed by atoms with Crippen LogP contribution in [-0.4, -0.2) is 37.8 Å². The standard InChI is InChI=1S/C16H23NO5S2/c18-23(19,15-9-11-16(12-10-15)24(20,21)22)17(13-5-1-2-6-13)14-7-3-4-8-14/h9-14H,1-8H2,(H,20,21,22). The van der Waals surface area contributed by atoms with Crippen LogP contribution in [0.4, 0.5) is 0 Å². The first-order chi connectivity index (χ1) is 11.3. The first kappa shape index (κ1) is 17.8. The Morgan fingerprint density at radius 3 is 1.50 bits per heavy atom. The first-order valence-corrected chi connectivity index (χ1v) is 11.3. The summed E-state index contributed by atoms with van der Waals surface area (Å²) in [6.07, 6.45) is 7.74. The summed E-state index contributed by atoms with van der Waals surface area (Å²) < 4.78 is 59.4. The van der Waals surface area contributed by atoms with Crippen molar-refractivity contribution in [1.82, 2.24) is 4.31 Å². The highest BCUT2D eigenvalue weighted by Crippen LogP contribution is 2.36. The van der Waals surface area contributed by atoms with Gasteiger partial charge in [0, 0.05) is 12.1 Å². The monoisotopic (exact) mass is 373 g/mol. The van der Waals surface area contributed by atoms with Crippen molar-refractivity contribution in [1.29, 1.82) is 0 Å². The van der Waals surface area contributed by atoms with E-state index >= 15 is 0 Å². The number of hydrogen-bond acceptors (Lipinski definition) is 4. The van der Waals surface area contributed by atoms with E-state index in [4.69, 9.17) is 4.55 Å². The Labute approximate surface area is 143 Å². The first-order valence-electron chi connectivity index (χ1n) is 8.41. The zero-order chi connectivity index (χ0) is 17.4. The molecule has 0 radical (unpaired) electrons. The Bertz CT molecular complexity index is 758. The molecule has 3 rings (SSSR count). The maximum atomic E-state index is 13.2. The van der Waals surface area contributed by atoms with Gasteiger partial charge in [-0.3, -0.25) is 4.55 Å². The highest BCUT2D eigenvalue weighted by Gasteiger charge is 2.39. The van der Waals surface area contributed by atoms with Crippen LogP contribution in [0.3, 0.4) is 0 Å². The Morgan fingerprint density at radius 1 is 0.750 bits per heavy atom. The van der Waals surface area contributed by atoms with Crippen LogP contribution < -0.4 is 0 Å². The summed E-state index contributed by atoms with van der Waals surface area (Å²) in [6, 6.07) is 4.91. The molecule has 2 fully saturated rings. The molecule has 0 amide bonds. The van der Waals surface area contributed by atoms with Gasteiger partial charge in [-0.1, -0.05) is 25.7 Å². The lowest BCUT2D eigenvalue weighted by molar-refractivity contribution is 0.252. The van der Waals surface area contributed by atoms with E-state index in [1.807, 2.05) is 0 Å². The van der Waals surface area contributed by atoms with Gasteiger partial charge in [-0.2, -0.15) is 12.7 Å². The summed E-state index contributed by atoms with van der Waals surface area (Å²) in [4.78, 5) is -0.205. The van der Waals surface area contributed by atoms with Gasteiger partial charge in [0.25, 0.3) is 10.1 Å². The molecule has 134 valence electrons. The van der Waals surface area contributed by atoms with Gasteiger partial charge in [0.15, 0.2) is 0 Å². The second kappa shape index (κ2) is 6.74. The van der Waals surface area contributed by atoms with E-state index in [9.17, 15) is 16.8 Å². The van der Waals surface area contributed by atoms with Crippen molar-refractivity contribution in [2.24, 2.45) is 0 Å². The molecule has 6 nitrogen and oxygen atoms in total. The van der Waals surface area contributed by atoms with Crippen LogP contribution in [0.15, 0.2) is 34.1 Å². The SMILES string of the molecule is O=S(=O)(O)c1ccc(S(=O)(=O)N(C2CCCC2)C2CCCC2)cc1. The zero-order valence-corrected chi connectivity index (χ0v) is 15.1. The lowest BCUT2D eigenvalue weighted by Gasteiger charge is -2.33. The van der Waals surface area contributed by atoms with Gasteiger partial charge >= 0.3 is 0 Å². The number of sulfonamides is 1. The molecule has 2 saturated carbocycles. The third kappa shape index (κ3) is 3.51. The fourth-order valence-corrected chi connectivity index (χ4v) is 6.32. The van der Waals surface area contributed by atoms with Gasteiger partial charge in [0.2, 0.25) is 10.0 Å². The highest BCUT2D eigenvalue weighted by atomic mass is 32.2. The minimum Gasteiger partial charge on any atom is -0.282 e. The minimum absolute atomic E-state index is 0.0411. The summed E-state index contributed by atoms with van der Waals surface area (Å²) in [6.45, 7) is 0. The average molecular weight is 373 g/mol. The molecule has 0 unspecified atom stereocenters. The van der Waals surface area contributed by atoms with E-state index in [1.165, 1.54) is 12.1 Å². The van der Waals surface area contributed by atoms with Crippen LogP contribution in [0.5, 0.6) is 0 Å². The van der Waals surface area contributed by atoms with Gasteiger partial charge in [0.1, 0.15) is 0 Å². The molecule has 0 heterocycles. The van der Waals surface area contributed by atoms with Crippen LogP contribution in [-0.2, 0) is 20.1 Å². The molecule has 8 heteroatoms. The molecule has 1 N–H and O–H groups in total. The number of nitrogens with zero attached hydrogens (tertiary/aromatic N) is 1.